The van der Waals surface area contributed by atoms with Crippen LogP contribution in [-0.4, -0.2) is 24.4 Å². The van der Waals surface area contributed by atoms with E-state index >= 15 is 0 Å². The lowest BCUT2D eigenvalue weighted by molar-refractivity contribution is -0.125. The van der Waals surface area contributed by atoms with E-state index in [0.29, 0.717) is 22.3 Å². The predicted octanol–water partition coefficient (Wildman–Crippen LogP) is 2.23. The van der Waals surface area contributed by atoms with Crippen molar-refractivity contribution in [3.8, 4) is 0 Å². The van der Waals surface area contributed by atoms with E-state index in [2.05, 4.69) is 5.32 Å². The first-order valence-corrected chi connectivity index (χ1v) is 6.30. The summed E-state index contributed by atoms with van der Waals surface area (Å²) in [5.41, 5.74) is 0.578. The molecule has 1 N–H and O–H groups in total. The minimum atomic E-state index is -0.549. The van der Waals surface area contributed by atoms with Gasteiger partial charge in [0.2, 0.25) is 11.8 Å². The van der Waals surface area contributed by atoms with Crippen LogP contribution in [0.25, 0.3) is 0 Å². The fraction of sp³-hybridized carbons (Fsp3) is 0.333. The number of halogens is 2. The Labute approximate surface area is 115 Å². The molecule has 18 heavy (non-hydrogen) atoms. The molecule has 0 aromatic heterocycles. The van der Waals surface area contributed by atoms with E-state index in [9.17, 15) is 9.59 Å². The van der Waals surface area contributed by atoms with Crippen molar-refractivity contribution in [3.63, 3.8) is 0 Å². The first kappa shape index (κ1) is 13.2. The van der Waals surface area contributed by atoms with E-state index in [1.165, 1.54) is 4.90 Å². The summed E-state index contributed by atoms with van der Waals surface area (Å²) < 4.78 is 0. The Bertz CT molecular complexity index is 505. The largest absolute Gasteiger partial charge is 0.345 e. The minimum absolute atomic E-state index is 0.136. The summed E-state index contributed by atoms with van der Waals surface area (Å²) >= 11 is 11.9. The summed E-state index contributed by atoms with van der Waals surface area (Å²) in [5.74, 6) is -0.312. The molecule has 1 aliphatic heterocycles. The Balaban J connectivity index is 2.36. The van der Waals surface area contributed by atoms with Crippen LogP contribution in [0.4, 0.5) is 5.69 Å². The number of hydrogen-bond acceptors (Lipinski definition) is 2. The smallest absolute Gasteiger partial charge is 0.249 e. The maximum atomic E-state index is 12.1. The van der Waals surface area contributed by atoms with Gasteiger partial charge in [0.05, 0.1) is 10.7 Å². The predicted molar refractivity (Wildman–Crippen MR) is 71.0 cm³/mol. The van der Waals surface area contributed by atoms with Crippen molar-refractivity contribution in [1.29, 1.82) is 0 Å². The van der Waals surface area contributed by atoms with E-state index < -0.39 is 6.04 Å². The van der Waals surface area contributed by atoms with Gasteiger partial charge in [-0.15, -0.1) is 0 Å². The molecule has 0 aliphatic carbocycles. The lowest BCUT2D eigenvalue weighted by Crippen LogP contribution is -2.42. The number of anilines is 1. The van der Waals surface area contributed by atoms with Crippen molar-refractivity contribution in [2.24, 2.45) is 0 Å². The molecule has 96 valence electrons. The summed E-state index contributed by atoms with van der Waals surface area (Å²) in [5, 5.41) is 3.53. The molecule has 1 saturated heterocycles. The average Bonchev–Trinajstić information content (AvgIpc) is 2.41. The lowest BCUT2D eigenvalue weighted by Gasteiger charge is -2.23. The quantitative estimate of drug-likeness (QED) is 0.861. The standard InChI is InChI=1S/C12H12Cl2N2O2/c1-7-12(18)16(5-4-11(17)15-7)10-3-2-8(13)6-9(10)14/h2-3,6-7H,4-5H2,1H3,(H,15,17). The molecular formula is C12H12Cl2N2O2. The van der Waals surface area contributed by atoms with Gasteiger partial charge in [-0.2, -0.15) is 0 Å². The number of amides is 2. The molecule has 1 unspecified atom stereocenters. The number of nitrogens with zero attached hydrogens (tertiary/aromatic N) is 1. The normalized spacial score (nSPS) is 20.6. The van der Waals surface area contributed by atoms with Crippen molar-refractivity contribution in [2.75, 3.05) is 11.4 Å². The Morgan fingerprint density at radius 3 is 2.72 bits per heavy atom. The molecular weight excluding hydrogens is 275 g/mol. The Hall–Kier alpha value is -1.26. The van der Waals surface area contributed by atoms with Gasteiger partial charge in [0.25, 0.3) is 0 Å². The Morgan fingerprint density at radius 2 is 2.06 bits per heavy atom. The molecule has 2 rings (SSSR count). The van der Waals surface area contributed by atoms with Gasteiger partial charge in [-0.1, -0.05) is 23.2 Å². The van der Waals surface area contributed by atoms with Crippen LogP contribution in [-0.2, 0) is 9.59 Å². The second kappa shape index (κ2) is 5.16. The molecule has 1 aliphatic rings. The molecule has 1 heterocycles. The second-order valence-electron chi connectivity index (χ2n) is 4.12. The maximum Gasteiger partial charge on any atom is 0.249 e. The molecule has 1 aromatic rings. The zero-order chi connectivity index (χ0) is 13.3. The first-order valence-electron chi connectivity index (χ1n) is 5.55. The fourth-order valence-electron chi connectivity index (χ4n) is 1.87. The van der Waals surface area contributed by atoms with Crippen LogP contribution in [0.1, 0.15) is 13.3 Å². The summed E-state index contributed by atoms with van der Waals surface area (Å²) in [6, 6.07) is 4.38. The van der Waals surface area contributed by atoms with E-state index in [1.807, 2.05) is 0 Å². The van der Waals surface area contributed by atoms with Crippen LogP contribution in [0.3, 0.4) is 0 Å². The number of carbonyl (C=O) groups excluding carboxylic acids is 2. The van der Waals surface area contributed by atoms with Crippen molar-refractivity contribution >= 4 is 40.7 Å². The minimum Gasteiger partial charge on any atom is -0.345 e. The van der Waals surface area contributed by atoms with Crippen LogP contribution in [0, 0.1) is 0 Å². The summed E-state index contributed by atoms with van der Waals surface area (Å²) in [4.78, 5) is 25.1. The summed E-state index contributed by atoms with van der Waals surface area (Å²) in [7, 11) is 0. The maximum absolute atomic E-state index is 12.1. The van der Waals surface area contributed by atoms with E-state index in [4.69, 9.17) is 23.2 Å². The summed E-state index contributed by atoms with van der Waals surface area (Å²) in [6.07, 6.45) is 0.259. The van der Waals surface area contributed by atoms with Crippen molar-refractivity contribution < 1.29 is 9.59 Å². The molecule has 4 nitrogen and oxygen atoms in total. The van der Waals surface area contributed by atoms with Gasteiger partial charge >= 0.3 is 0 Å². The number of rotatable bonds is 1. The molecule has 1 fully saturated rings. The van der Waals surface area contributed by atoms with Crippen LogP contribution >= 0.6 is 23.2 Å². The molecule has 0 bridgehead atoms. The van der Waals surface area contributed by atoms with Gasteiger partial charge in [0.15, 0.2) is 0 Å². The van der Waals surface area contributed by atoms with Gasteiger partial charge < -0.3 is 10.2 Å². The molecule has 0 spiro atoms. The van der Waals surface area contributed by atoms with Crippen molar-refractivity contribution in [1.82, 2.24) is 5.32 Å². The Kier molecular flexibility index (Phi) is 3.78. The third kappa shape index (κ3) is 2.60. The zero-order valence-corrected chi connectivity index (χ0v) is 11.3. The van der Waals surface area contributed by atoms with Crippen LogP contribution in [0.2, 0.25) is 10.0 Å². The van der Waals surface area contributed by atoms with Crippen molar-refractivity contribution in [2.45, 2.75) is 19.4 Å². The average molecular weight is 287 g/mol. The molecule has 0 saturated carbocycles. The summed E-state index contributed by atoms with van der Waals surface area (Å²) in [6.45, 7) is 1.97. The van der Waals surface area contributed by atoms with Gasteiger partial charge in [-0.05, 0) is 25.1 Å². The topological polar surface area (TPSA) is 49.4 Å². The molecule has 1 atom stereocenters. The van der Waals surface area contributed by atoms with Crippen LogP contribution < -0.4 is 10.2 Å². The lowest BCUT2D eigenvalue weighted by atomic mass is 10.2. The highest BCUT2D eigenvalue weighted by Crippen LogP contribution is 2.29. The van der Waals surface area contributed by atoms with E-state index in [-0.39, 0.29) is 18.2 Å². The van der Waals surface area contributed by atoms with Crippen LogP contribution in [0.15, 0.2) is 18.2 Å². The van der Waals surface area contributed by atoms with Gasteiger partial charge in [-0.25, -0.2) is 0 Å². The molecule has 0 radical (unpaired) electrons. The van der Waals surface area contributed by atoms with E-state index in [0.717, 1.165) is 0 Å². The van der Waals surface area contributed by atoms with Gasteiger partial charge in [0.1, 0.15) is 6.04 Å². The fourth-order valence-corrected chi connectivity index (χ4v) is 2.38. The first-order chi connectivity index (χ1) is 8.49. The van der Waals surface area contributed by atoms with E-state index in [1.54, 1.807) is 25.1 Å². The SMILES string of the molecule is CC1NC(=O)CCN(c2ccc(Cl)cc2Cl)C1=O. The van der Waals surface area contributed by atoms with Crippen LogP contribution in [0.5, 0.6) is 0 Å². The zero-order valence-electron chi connectivity index (χ0n) is 9.74. The van der Waals surface area contributed by atoms with Gasteiger partial charge in [-0.3, -0.25) is 9.59 Å². The second-order valence-corrected chi connectivity index (χ2v) is 4.97. The number of nitrogens with one attached hydrogen (secondary N) is 1. The van der Waals surface area contributed by atoms with Gasteiger partial charge in [0, 0.05) is 18.0 Å². The number of benzene rings is 1. The van der Waals surface area contributed by atoms with Crippen molar-refractivity contribution in [3.05, 3.63) is 28.2 Å². The highest BCUT2D eigenvalue weighted by Gasteiger charge is 2.28. The molecule has 1 aromatic carbocycles. The molecule has 6 heteroatoms. The highest BCUT2D eigenvalue weighted by molar-refractivity contribution is 6.36. The molecule has 2 amide bonds. The number of hydrogen-bond donors (Lipinski definition) is 1. The number of carbonyl (C=O) groups is 2. The highest BCUT2D eigenvalue weighted by atomic mass is 35.5. The third-order valence-electron chi connectivity index (χ3n) is 2.78. The Morgan fingerprint density at radius 1 is 1.33 bits per heavy atom. The monoisotopic (exact) mass is 286 g/mol. The third-order valence-corrected chi connectivity index (χ3v) is 3.31.